The minimum absolute atomic E-state index is 0.0295. The first-order valence-electron chi connectivity index (χ1n) is 39.4. The molecule has 0 radical (unpaired) electrons. The van der Waals surface area contributed by atoms with Gasteiger partial charge in [-0.2, -0.15) is 21.4 Å². The van der Waals surface area contributed by atoms with E-state index in [-0.39, 0.29) is 73.3 Å². The number of para-hydroxylation sites is 2. The van der Waals surface area contributed by atoms with E-state index in [1.807, 2.05) is 97.7 Å². The molecule has 1 saturated heterocycles. The lowest BCUT2D eigenvalue weighted by molar-refractivity contribution is -0.438. The first-order chi connectivity index (χ1) is 56.2. The van der Waals surface area contributed by atoms with Crippen molar-refractivity contribution in [3.05, 3.63) is 215 Å². The molecule has 4 heterocycles. The average Bonchev–Trinajstić information content (AvgIpc) is 1.59. The van der Waals surface area contributed by atoms with Gasteiger partial charge < -0.3 is 73.5 Å². The fourth-order valence-corrected chi connectivity index (χ4v) is 18.1. The summed E-state index contributed by atoms with van der Waals surface area (Å²) in [4.78, 5) is 125. The summed E-state index contributed by atoms with van der Waals surface area (Å²) in [5.41, 5.74) is 12.7. The molecule has 10 atom stereocenters. The summed E-state index contributed by atoms with van der Waals surface area (Å²) in [5, 5.41) is 54.6. The van der Waals surface area contributed by atoms with E-state index >= 15 is 24.0 Å². The number of H-pyrrole nitrogens is 1. The van der Waals surface area contributed by atoms with Gasteiger partial charge in [0.2, 0.25) is 47.0 Å². The molecule has 6 aromatic rings. The molecule has 0 spiro atoms. The molecule has 5 aromatic carbocycles. The van der Waals surface area contributed by atoms with Crippen molar-refractivity contribution in [1.29, 1.82) is 0 Å². The number of benzene rings is 5. The Morgan fingerprint density at radius 3 is 1.93 bits per heavy atom. The number of allylic oxidation sites excluding steroid dienone is 8. The van der Waals surface area contributed by atoms with Gasteiger partial charge in [-0.25, -0.2) is 0 Å². The summed E-state index contributed by atoms with van der Waals surface area (Å²) in [5.74, 6) is -8.42. The van der Waals surface area contributed by atoms with Crippen molar-refractivity contribution >= 4 is 117 Å². The maximum atomic E-state index is 15.5. The van der Waals surface area contributed by atoms with Crippen LogP contribution in [-0.2, 0) is 83.9 Å². The Hall–Kier alpha value is -9.81. The van der Waals surface area contributed by atoms with Crippen LogP contribution in [0.4, 0.5) is 11.4 Å². The molecule has 3 aliphatic heterocycles. The van der Waals surface area contributed by atoms with Crippen LogP contribution < -0.4 is 53.2 Å². The predicted octanol–water partition coefficient (Wildman–Crippen LogP) is 5.73. The van der Waals surface area contributed by atoms with Crippen molar-refractivity contribution in [1.82, 2.24) is 47.5 Å². The lowest BCUT2D eigenvalue weighted by atomic mass is 9.81. The Kier molecular flexibility index (Phi) is 33.3. The van der Waals surface area contributed by atoms with E-state index in [1.165, 1.54) is 13.8 Å². The van der Waals surface area contributed by atoms with E-state index in [9.17, 15) is 55.6 Å². The Morgan fingerprint density at radius 1 is 0.644 bits per heavy atom. The molecule has 118 heavy (non-hydrogen) atoms. The number of nitrogens with two attached hydrogens (primary N) is 1. The quantitative estimate of drug-likeness (QED) is 0.00769. The zero-order valence-electron chi connectivity index (χ0n) is 67.0. The molecule has 1 fully saturated rings. The topological polar surface area (TPSA) is 450 Å². The fourth-order valence-electron chi connectivity index (χ4n) is 14.6. The highest BCUT2D eigenvalue weighted by atomic mass is 33.1. The maximum absolute atomic E-state index is 15.5. The Bertz CT molecular complexity index is 4940. The first-order valence-corrected chi connectivity index (χ1v) is 45.1. The smallest absolute Gasteiger partial charge is 0.264 e. The van der Waals surface area contributed by atoms with E-state index < -0.39 is 146 Å². The first kappa shape index (κ1) is 92.1. The third kappa shape index (κ3) is 25.6. The van der Waals surface area contributed by atoms with E-state index in [1.54, 1.807) is 91.1 Å². The Morgan fingerprint density at radius 2 is 1.25 bits per heavy atom. The number of aromatic amines is 1. The number of amides is 8. The second kappa shape index (κ2) is 42.7. The van der Waals surface area contributed by atoms with Gasteiger partial charge in [-0.05, 0) is 125 Å². The number of nitrogens with zero attached hydrogens (tertiary/aromatic N) is 2. The summed E-state index contributed by atoms with van der Waals surface area (Å²) in [6.45, 7) is 11.1. The lowest BCUT2D eigenvalue weighted by Gasteiger charge is -2.29. The van der Waals surface area contributed by atoms with Crippen LogP contribution >= 0.6 is 21.6 Å². The second-order valence-electron chi connectivity index (χ2n) is 30.7. The van der Waals surface area contributed by atoms with Gasteiger partial charge in [-0.3, -0.25) is 47.5 Å². The summed E-state index contributed by atoms with van der Waals surface area (Å²) in [6, 6.07) is 26.0. The number of carbonyl (C=O) groups excluding carboxylic acids is 8. The minimum Gasteiger partial charge on any atom is -0.394 e. The van der Waals surface area contributed by atoms with Gasteiger partial charge in [0.05, 0.1) is 41.8 Å². The van der Waals surface area contributed by atoms with Crippen LogP contribution in [0.25, 0.3) is 10.9 Å². The number of unbranched alkanes of at least 4 members (excludes halogenated alkanes) is 3. The monoisotopic (exact) mass is 1700 g/mol. The van der Waals surface area contributed by atoms with Crippen molar-refractivity contribution in [2.75, 3.05) is 54.2 Å². The molecule has 634 valence electrons. The third-order valence-electron chi connectivity index (χ3n) is 21.1. The van der Waals surface area contributed by atoms with Crippen molar-refractivity contribution in [2.24, 2.45) is 5.73 Å². The van der Waals surface area contributed by atoms with Crippen LogP contribution in [0.5, 0.6) is 0 Å². The number of aliphatic hydroxyl groups is 3. The van der Waals surface area contributed by atoms with Crippen molar-refractivity contribution in [3.8, 4) is 0 Å². The molecule has 9 rings (SSSR count). The summed E-state index contributed by atoms with van der Waals surface area (Å²) >= 11 is 0. The van der Waals surface area contributed by atoms with Crippen molar-refractivity contribution in [2.45, 2.75) is 177 Å². The highest BCUT2D eigenvalue weighted by Gasteiger charge is 2.45. The summed E-state index contributed by atoms with van der Waals surface area (Å²) in [6.07, 6.45) is 13.6. The second-order valence-corrected chi connectivity index (χ2v) is 36.4. The molecule has 0 aliphatic carbocycles. The van der Waals surface area contributed by atoms with Gasteiger partial charge >= 0.3 is 0 Å². The SMILES string of the molecule is C[C@@H](O)[C@@H]1NC(=O)[C@H](CCCCN)NC(=O)[C@@H](Cc2c[nH]c3ccccc23)NC(=O)[C@H](Cc2ccccc2)NC(=O)[C@@H](NC(=O)[C@@H](Cc2ccccc2)NC(=O)c2ccc3c(c2)C(C)(C)C(=CC=CC=CC=CC2=[N+](CCCCS(=O)(=O)O)c4ccccc4C2(C)C)N3CCCCS(=O)(=O)O)CSSC[C@@H](C(=O)N[C@H](CO)[C@@H](C)O)NC1=O. The molecule has 29 nitrogen and oxygen atoms in total. The van der Waals surface area contributed by atoms with Crippen LogP contribution in [0.1, 0.15) is 125 Å². The van der Waals surface area contributed by atoms with E-state index in [4.69, 9.17) is 5.73 Å². The standard InChI is InChI=1S/C85H108N12O17S4/c1-54(99)68(51-98)92-82(107)70-53-116-115-52-69(81(106)90-66(47-57-30-14-11-15-31-57)78(103)91-67(49-59-50-87-63-34-20-18-32-60(59)63)80(105)88-64(35-22-23-41-86)77(102)95-75(55(2)100)83(108)94-70)93-79(104)65(46-56-28-12-10-13-29-56)89-76(101)58-39-40-72-62(48-58)85(5,6)74(97(72)43-25-27-45-118(112,113)114)38-17-9-7-8-16-37-73-84(3,4)61-33-19-21-36-71(61)96(73)42-24-26-44-117(109,110)111/h7-21,28-34,36-40,48,50,54-55,64-70,75,87,98-100H,22-27,35,41-47,49,51-53,86H2,1-6H3,(H9-,88,89,90,91,92,93,94,95,101,102,103,104,105,106,107,108,109,110,111,112,113,114)/p+1/t54-,55-,64+,65-,66+,67-,68-,69+,70+,75+/m1/s1. The number of nitrogens with one attached hydrogen (secondary N) is 9. The third-order valence-corrected chi connectivity index (χ3v) is 25.1. The molecule has 1 aromatic heterocycles. The van der Waals surface area contributed by atoms with E-state index in [2.05, 4.69) is 72.0 Å². The molecule has 8 amide bonds. The van der Waals surface area contributed by atoms with Gasteiger partial charge in [0.15, 0.2) is 5.71 Å². The number of hydrogen-bond donors (Lipinski definition) is 15. The lowest BCUT2D eigenvalue weighted by Crippen LogP contribution is -2.62. The summed E-state index contributed by atoms with van der Waals surface area (Å²) < 4.78 is 68.1. The maximum Gasteiger partial charge on any atom is 0.264 e. The van der Waals surface area contributed by atoms with E-state index in [0.29, 0.717) is 77.6 Å². The number of aromatic nitrogens is 1. The van der Waals surface area contributed by atoms with E-state index in [0.717, 1.165) is 44.2 Å². The molecule has 0 bridgehead atoms. The normalized spacial score (nSPS) is 21.1. The molecule has 16 N–H and O–H groups in total. The van der Waals surface area contributed by atoms with Crippen LogP contribution in [0.2, 0.25) is 0 Å². The molecule has 0 unspecified atom stereocenters. The Labute approximate surface area is 696 Å². The number of aliphatic hydroxyl groups excluding tert-OH is 3. The highest BCUT2D eigenvalue weighted by molar-refractivity contribution is 8.76. The van der Waals surface area contributed by atoms with Crippen LogP contribution in [0, 0.1) is 0 Å². The van der Waals surface area contributed by atoms with Crippen molar-refractivity contribution < 1.29 is 84.2 Å². The molecular weight excluding hydrogens is 1590 g/mol. The van der Waals surface area contributed by atoms with Gasteiger partial charge in [0.1, 0.15) is 48.8 Å². The zero-order chi connectivity index (χ0) is 85.5. The van der Waals surface area contributed by atoms with Gasteiger partial charge in [-0.1, -0.05) is 163 Å². The number of hydrogen-bond acceptors (Lipinski definition) is 19. The molecule has 0 saturated carbocycles. The number of anilines is 1. The molecule has 3 aliphatic rings. The largest absolute Gasteiger partial charge is 0.394 e. The molecular formula is C85H109N12O17S4+. The fraction of sp³-hybridized carbons (Fsp3) is 0.424. The zero-order valence-corrected chi connectivity index (χ0v) is 70.3. The number of carbonyl (C=O) groups is 8. The van der Waals surface area contributed by atoms with Crippen molar-refractivity contribution in [3.63, 3.8) is 0 Å². The van der Waals surface area contributed by atoms with Gasteiger partial charge in [-0.15, -0.1) is 0 Å². The van der Waals surface area contributed by atoms with Crippen LogP contribution in [0.3, 0.4) is 0 Å². The van der Waals surface area contributed by atoms with Crippen LogP contribution in [-0.4, -0.2) is 214 Å². The Balaban J connectivity index is 1.04. The molecule has 33 heteroatoms. The van der Waals surface area contributed by atoms with Gasteiger partial charge in [0, 0.05) is 101 Å². The highest BCUT2D eigenvalue weighted by Crippen LogP contribution is 2.48. The minimum atomic E-state index is -4.28. The number of rotatable bonds is 33. The average molecular weight is 1700 g/mol. The van der Waals surface area contributed by atoms with Gasteiger partial charge in [0.25, 0.3) is 26.1 Å². The predicted molar refractivity (Wildman–Crippen MR) is 458 cm³/mol. The number of fused-ring (bicyclic) bond motifs is 3. The van der Waals surface area contributed by atoms with Crippen LogP contribution in [0.15, 0.2) is 182 Å². The summed E-state index contributed by atoms with van der Waals surface area (Å²) in [7, 11) is -6.48.